The zero-order valence-corrected chi connectivity index (χ0v) is 5.98. The maximum atomic E-state index is 10.3. The highest BCUT2D eigenvalue weighted by molar-refractivity contribution is 9.09. The monoisotopic (exact) mass is 178 g/mol. The number of alkyl halides is 1. The molecular weight excluding hydrogens is 172 g/mol. The van der Waals surface area contributed by atoms with Gasteiger partial charge in [-0.15, -0.1) is 0 Å². The van der Waals surface area contributed by atoms with Crippen LogP contribution in [0, 0.1) is 0 Å². The van der Waals surface area contributed by atoms with Crippen molar-refractivity contribution in [1.82, 2.24) is 0 Å². The van der Waals surface area contributed by atoms with E-state index in [4.69, 9.17) is 0 Å². The molecule has 0 unspecified atom stereocenters. The van der Waals surface area contributed by atoms with Crippen LogP contribution in [0.5, 0.6) is 0 Å². The van der Waals surface area contributed by atoms with E-state index >= 15 is 0 Å². The van der Waals surface area contributed by atoms with Gasteiger partial charge in [0.05, 0.1) is 12.7 Å². The summed E-state index contributed by atoms with van der Waals surface area (Å²) in [5.41, 5.74) is 0. The van der Waals surface area contributed by atoms with Gasteiger partial charge in [0.25, 0.3) is 0 Å². The Morgan fingerprint density at radius 3 is 2.88 bits per heavy atom. The van der Waals surface area contributed by atoms with Crippen molar-refractivity contribution < 1.29 is 9.53 Å². The molecular formula is C5H7BrO2. The maximum absolute atomic E-state index is 10.3. The molecule has 0 aliphatic heterocycles. The number of halogens is 1. The van der Waals surface area contributed by atoms with E-state index in [2.05, 4.69) is 27.2 Å². The lowest BCUT2D eigenvalue weighted by atomic mass is 10.5. The number of carbonyl (C=O) groups is 1. The molecule has 0 atom stereocenters. The number of ether oxygens (including phenoxy) is 1. The lowest BCUT2D eigenvalue weighted by Crippen LogP contribution is -1.98. The minimum Gasteiger partial charge on any atom is -0.435 e. The van der Waals surface area contributed by atoms with Gasteiger partial charge in [0.1, 0.15) is 0 Å². The molecule has 0 spiro atoms. The average molecular weight is 179 g/mol. The van der Waals surface area contributed by atoms with Gasteiger partial charge in [-0.2, -0.15) is 0 Å². The van der Waals surface area contributed by atoms with Crippen LogP contribution in [0.15, 0.2) is 12.8 Å². The van der Waals surface area contributed by atoms with Crippen molar-refractivity contribution in [2.45, 2.75) is 6.42 Å². The molecule has 8 heavy (non-hydrogen) atoms. The highest BCUT2D eigenvalue weighted by Crippen LogP contribution is 1.90. The van der Waals surface area contributed by atoms with Crippen molar-refractivity contribution in [2.24, 2.45) is 0 Å². The van der Waals surface area contributed by atoms with Crippen LogP contribution in [-0.4, -0.2) is 11.3 Å². The number of hydrogen-bond acceptors (Lipinski definition) is 2. The van der Waals surface area contributed by atoms with Gasteiger partial charge < -0.3 is 4.74 Å². The molecule has 0 amide bonds. The number of rotatable bonds is 3. The van der Waals surface area contributed by atoms with Crippen LogP contribution in [0.1, 0.15) is 6.42 Å². The van der Waals surface area contributed by atoms with E-state index in [-0.39, 0.29) is 5.97 Å². The molecule has 0 aliphatic carbocycles. The molecule has 0 bridgehead atoms. The van der Waals surface area contributed by atoms with Crippen molar-refractivity contribution >= 4 is 21.9 Å². The molecule has 46 valence electrons. The molecule has 0 aromatic heterocycles. The summed E-state index contributed by atoms with van der Waals surface area (Å²) in [4.78, 5) is 10.3. The highest BCUT2D eigenvalue weighted by atomic mass is 79.9. The average Bonchev–Trinajstić information content (AvgIpc) is 1.68. The second-order valence-corrected chi connectivity index (χ2v) is 1.89. The lowest BCUT2D eigenvalue weighted by Gasteiger charge is -1.91. The van der Waals surface area contributed by atoms with Crippen molar-refractivity contribution in [2.75, 3.05) is 5.33 Å². The largest absolute Gasteiger partial charge is 0.435 e. The van der Waals surface area contributed by atoms with Gasteiger partial charge in [0.15, 0.2) is 0 Å². The van der Waals surface area contributed by atoms with Crippen molar-refractivity contribution in [3.63, 3.8) is 0 Å². The maximum Gasteiger partial charge on any atom is 0.311 e. The third kappa shape index (κ3) is 3.87. The van der Waals surface area contributed by atoms with E-state index in [1.54, 1.807) is 0 Å². The van der Waals surface area contributed by atoms with Gasteiger partial charge in [-0.25, -0.2) is 0 Å². The SMILES string of the molecule is C=COC(=O)CCBr. The third-order valence-corrected chi connectivity index (χ3v) is 0.910. The first-order valence-corrected chi connectivity index (χ1v) is 3.29. The summed E-state index contributed by atoms with van der Waals surface area (Å²) in [6.07, 6.45) is 1.52. The molecule has 0 N–H and O–H groups in total. The topological polar surface area (TPSA) is 26.3 Å². The summed E-state index contributed by atoms with van der Waals surface area (Å²) in [7, 11) is 0. The molecule has 0 heterocycles. The molecule has 0 saturated heterocycles. The van der Waals surface area contributed by atoms with Crippen molar-refractivity contribution in [1.29, 1.82) is 0 Å². The van der Waals surface area contributed by atoms with Gasteiger partial charge in [0, 0.05) is 5.33 Å². The second kappa shape index (κ2) is 4.84. The van der Waals surface area contributed by atoms with Gasteiger partial charge in [-0.05, 0) is 0 Å². The van der Waals surface area contributed by atoms with Gasteiger partial charge in [-0.1, -0.05) is 22.5 Å². The summed E-state index contributed by atoms with van der Waals surface area (Å²) in [6.45, 7) is 3.22. The predicted octanol–water partition coefficient (Wildman–Crippen LogP) is 1.46. The van der Waals surface area contributed by atoms with Crippen LogP contribution in [0.4, 0.5) is 0 Å². The Labute approximate surface area is 56.7 Å². The molecule has 0 aromatic rings. The van der Waals surface area contributed by atoms with E-state index < -0.39 is 0 Å². The van der Waals surface area contributed by atoms with Crippen molar-refractivity contribution in [3.05, 3.63) is 12.8 Å². The second-order valence-electron chi connectivity index (χ2n) is 1.10. The predicted molar refractivity (Wildman–Crippen MR) is 34.7 cm³/mol. The molecule has 0 rings (SSSR count). The standard InChI is InChI=1S/C5H7BrO2/c1-2-8-5(7)3-4-6/h2H,1,3-4H2. The Hall–Kier alpha value is -0.310. The summed E-state index contributed by atoms with van der Waals surface area (Å²) in [6, 6.07) is 0. The first-order chi connectivity index (χ1) is 3.81. The minimum absolute atomic E-state index is 0.253. The van der Waals surface area contributed by atoms with E-state index in [0.717, 1.165) is 6.26 Å². The molecule has 0 radical (unpaired) electrons. The Kier molecular flexibility index (Phi) is 4.65. The zero-order chi connectivity index (χ0) is 6.41. The van der Waals surface area contributed by atoms with E-state index in [0.29, 0.717) is 11.8 Å². The van der Waals surface area contributed by atoms with Crippen LogP contribution < -0.4 is 0 Å². The quantitative estimate of drug-likeness (QED) is 0.372. The first-order valence-electron chi connectivity index (χ1n) is 2.17. The molecule has 2 nitrogen and oxygen atoms in total. The van der Waals surface area contributed by atoms with E-state index in [1.807, 2.05) is 0 Å². The summed E-state index contributed by atoms with van der Waals surface area (Å²) in [5, 5.41) is 0.639. The Morgan fingerprint density at radius 2 is 2.50 bits per heavy atom. The van der Waals surface area contributed by atoms with Crippen LogP contribution in [0.25, 0.3) is 0 Å². The molecule has 3 heteroatoms. The zero-order valence-electron chi connectivity index (χ0n) is 4.39. The van der Waals surface area contributed by atoms with E-state index in [9.17, 15) is 4.79 Å². The normalized spacial score (nSPS) is 8.12. The van der Waals surface area contributed by atoms with E-state index in [1.165, 1.54) is 0 Å². The molecule has 0 aromatic carbocycles. The van der Waals surface area contributed by atoms with Crippen LogP contribution >= 0.6 is 15.9 Å². The fourth-order valence-corrected chi connectivity index (χ4v) is 0.553. The molecule has 0 aliphatic rings. The number of carbonyl (C=O) groups excluding carboxylic acids is 1. The van der Waals surface area contributed by atoms with Gasteiger partial charge in [0.2, 0.25) is 0 Å². The fourth-order valence-electron chi connectivity index (χ4n) is 0.229. The summed E-state index contributed by atoms with van der Waals surface area (Å²) in [5.74, 6) is -0.253. The fraction of sp³-hybridized carbons (Fsp3) is 0.400. The number of esters is 1. The van der Waals surface area contributed by atoms with Crippen LogP contribution in [0.3, 0.4) is 0 Å². The van der Waals surface area contributed by atoms with Gasteiger partial charge >= 0.3 is 5.97 Å². The Bertz CT molecular complexity index is 90.4. The summed E-state index contributed by atoms with van der Waals surface area (Å²) < 4.78 is 4.38. The Balaban J connectivity index is 3.18. The lowest BCUT2D eigenvalue weighted by molar-refractivity contribution is -0.137. The Morgan fingerprint density at radius 1 is 1.88 bits per heavy atom. The van der Waals surface area contributed by atoms with Gasteiger partial charge in [-0.3, -0.25) is 4.79 Å². The number of hydrogen-bond donors (Lipinski definition) is 0. The highest BCUT2D eigenvalue weighted by Gasteiger charge is 1.95. The smallest absolute Gasteiger partial charge is 0.311 e. The third-order valence-electron chi connectivity index (χ3n) is 0.513. The van der Waals surface area contributed by atoms with Crippen LogP contribution in [0.2, 0.25) is 0 Å². The first kappa shape index (κ1) is 7.69. The van der Waals surface area contributed by atoms with Crippen LogP contribution in [-0.2, 0) is 9.53 Å². The van der Waals surface area contributed by atoms with Crippen molar-refractivity contribution in [3.8, 4) is 0 Å². The molecule has 0 fully saturated rings. The summed E-state index contributed by atoms with van der Waals surface area (Å²) >= 11 is 3.08. The molecule has 0 saturated carbocycles. The minimum atomic E-state index is -0.253.